The van der Waals surface area contributed by atoms with E-state index in [4.69, 9.17) is 0 Å². The van der Waals surface area contributed by atoms with Crippen LogP contribution < -0.4 is 11.4 Å². The average molecular weight is 181 g/mol. The lowest BCUT2D eigenvalue weighted by Gasteiger charge is -2.18. The summed E-state index contributed by atoms with van der Waals surface area (Å²) in [5.74, 6) is 0. The minimum absolute atomic E-state index is 0.322. The Labute approximate surface area is 74.3 Å². The predicted molar refractivity (Wildman–Crippen MR) is 47.7 cm³/mol. The quantitative estimate of drug-likeness (QED) is 0.558. The van der Waals surface area contributed by atoms with Crippen LogP contribution in [0, 0.1) is 0 Å². The maximum Gasteiger partial charge on any atom is 0.344 e. The summed E-state index contributed by atoms with van der Waals surface area (Å²) in [4.78, 5) is 24.6. The van der Waals surface area contributed by atoms with E-state index in [1.165, 1.54) is 9.36 Å². The fourth-order valence-electron chi connectivity index (χ4n) is 1.47. The van der Waals surface area contributed by atoms with E-state index in [1.54, 1.807) is 0 Å². The Morgan fingerprint density at radius 2 is 1.38 bits per heavy atom. The maximum absolute atomic E-state index is 11.2. The normalized spacial score (nSPS) is 16.2. The average Bonchev–Trinajstić information content (AvgIpc) is 2.31. The van der Waals surface area contributed by atoms with Crippen molar-refractivity contribution in [2.75, 3.05) is 0 Å². The summed E-state index contributed by atoms with van der Waals surface area (Å²) in [6.45, 7) is 4.98. The number of nitrogens with one attached hydrogen (secondary N) is 1. The molecule has 0 unspecified atom stereocenters. The van der Waals surface area contributed by atoms with E-state index >= 15 is 0 Å². The molecule has 0 spiro atoms. The van der Waals surface area contributed by atoms with Crippen LogP contribution in [0.3, 0.4) is 0 Å². The standard InChI is InChI=1S/C8H11N3O2/c1-5-3-10-7(12)9-8(13)11(10)4-6(5)2/h3-4H2,1-2H3,(H,9,12,13). The summed E-state index contributed by atoms with van der Waals surface area (Å²) in [5, 5.41) is 0. The zero-order valence-corrected chi connectivity index (χ0v) is 7.63. The minimum Gasteiger partial charge on any atom is -0.257 e. The van der Waals surface area contributed by atoms with Gasteiger partial charge in [0, 0.05) is 0 Å². The molecule has 1 aliphatic heterocycles. The number of allylic oxidation sites excluding steroid dienone is 2. The summed E-state index contributed by atoms with van der Waals surface area (Å²) in [6.07, 6.45) is 0. The molecule has 1 aromatic heterocycles. The summed E-state index contributed by atoms with van der Waals surface area (Å²) in [6, 6.07) is 0. The van der Waals surface area contributed by atoms with Gasteiger partial charge in [-0.05, 0) is 13.8 Å². The highest BCUT2D eigenvalue weighted by Crippen LogP contribution is 2.11. The highest BCUT2D eigenvalue weighted by molar-refractivity contribution is 5.11. The van der Waals surface area contributed by atoms with Crippen LogP contribution in [0.15, 0.2) is 20.7 Å². The second-order valence-electron chi connectivity index (χ2n) is 3.41. The first-order chi connectivity index (χ1) is 6.09. The van der Waals surface area contributed by atoms with Crippen molar-refractivity contribution in [3.05, 3.63) is 32.1 Å². The van der Waals surface area contributed by atoms with E-state index in [0.717, 1.165) is 11.1 Å². The molecule has 0 fully saturated rings. The fraction of sp³-hybridized carbons (Fsp3) is 0.500. The molecule has 0 radical (unpaired) electrons. The third-order valence-corrected chi connectivity index (χ3v) is 2.48. The topological polar surface area (TPSA) is 59.8 Å². The third-order valence-electron chi connectivity index (χ3n) is 2.48. The van der Waals surface area contributed by atoms with Crippen molar-refractivity contribution < 1.29 is 0 Å². The number of nitrogens with zero attached hydrogens (tertiary/aromatic N) is 2. The molecular weight excluding hydrogens is 170 g/mol. The number of hydrogen-bond donors (Lipinski definition) is 1. The molecule has 0 atom stereocenters. The van der Waals surface area contributed by atoms with Crippen LogP contribution >= 0.6 is 0 Å². The third kappa shape index (κ3) is 1.07. The largest absolute Gasteiger partial charge is 0.344 e. The van der Waals surface area contributed by atoms with Gasteiger partial charge in [-0.15, -0.1) is 0 Å². The lowest BCUT2D eigenvalue weighted by molar-refractivity contribution is 0.453. The van der Waals surface area contributed by atoms with Crippen molar-refractivity contribution in [3.63, 3.8) is 0 Å². The Balaban J connectivity index is 2.65. The van der Waals surface area contributed by atoms with Gasteiger partial charge in [0.25, 0.3) is 0 Å². The molecule has 0 amide bonds. The lowest BCUT2D eigenvalue weighted by Crippen LogP contribution is -2.31. The molecule has 2 rings (SSSR count). The summed E-state index contributed by atoms with van der Waals surface area (Å²) >= 11 is 0. The van der Waals surface area contributed by atoms with Crippen LogP contribution in [-0.4, -0.2) is 14.3 Å². The van der Waals surface area contributed by atoms with Gasteiger partial charge in [-0.3, -0.25) is 4.98 Å². The Kier molecular flexibility index (Phi) is 1.55. The predicted octanol–water partition coefficient (Wildman–Crippen LogP) is -0.312. The fourth-order valence-corrected chi connectivity index (χ4v) is 1.47. The minimum atomic E-state index is -0.322. The van der Waals surface area contributed by atoms with E-state index in [0.29, 0.717) is 13.1 Å². The van der Waals surface area contributed by atoms with Crippen LogP contribution in [0.1, 0.15) is 13.8 Å². The number of aromatic nitrogens is 3. The molecule has 0 bridgehead atoms. The summed E-state index contributed by atoms with van der Waals surface area (Å²) < 4.78 is 2.87. The number of H-pyrrole nitrogens is 1. The van der Waals surface area contributed by atoms with Gasteiger partial charge >= 0.3 is 11.4 Å². The number of hydrogen-bond acceptors (Lipinski definition) is 2. The smallest absolute Gasteiger partial charge is 0.257 e. The molecule has 2 heterocycles. The first kappa shape index (κ1) is 8.10. The lowest BCUT2D eigenvalue weighted by atomic mass is 10.1. The molecule has 5 heteroatoms. The van der Waals surface area contributed by atoms with Gasteiger partial charge < -0.3 is 0 Å². The molecule has 0 aliphatic carbocycles. The first-order valence-electron chi connectivity index (χ1n) is 4.15. The Bertz CT molecular complexity index is 444. The molecule has 70 valence electrons. The van der Waals surface area contributed by atoms with Crippen molar-refractivity contribution in [1.29, 1.82) is 0 Å². The molecule has 13 heavy (non-hydrogen) atoms. The van der Waals surface area contributed by atoms with E-state index < -0.39 is 0 Å². The van der Waals surface area contributed by atoms with Crippen LogP contribution in [0.25, 0.3) is 0 Å². The van der Waals surface area contributed by atoms with Gasteiger partial charge in [-0.25, -0.2) is 19.0 Å². The van der Waals surface area contributed by atoms with Crippen molar-refractivity contribution in [2.24, 2.45) is 0 Å². The monoisotopic (exact) mass is 181 g/mol. The van der Waals surface area contributed by atoms with E-state index in [2.05, 4.69) is 4.98 Å². The highest BCUT2D eigenvalue weighted by Gasteiger charge is 2.15. The van der Waals surface area contributed by atoms with Crippen LogP contribution in [0.5, 0.6) is 0 Å². The van der Waals surface area contributed by atoms with E-state index in [-0.39, 0.29) is 11.4 Å². The van der Waals surface area contributed by atoms with Gasteiger partial charge in [-0.2, -0.15) is 0 Å². The van der Waals surface area contributed by atoms with E-state index in [9.17, 15) is 9.59 Å². The van der Waals surface area contributed by atoms with Crippen molar-refractivity contribution in [1.82, 2.24) is 14.3 Å². The molecular formula is C8H11N3O2. The van der Waals surface area contributed by atoms with Crippen LogP contribution in [0.2, 0.25) is 0 Å². The second kappa shape index (κ2) is 2.48. The summed E-state index contributed by atoms with van der Waals surface area (Å²) in [7, 11) is 0. The molecule has 1 N–H and O–H groups in total. The number of fused-ring (bicyclic) bond motifs is 1. The molecule has 0 aromatic carbocycles. The van der Waals surface area contributed by atoms with Gasteiger partial charge in [0.1, 0.15) is 0 Å². The molecule has 0 saturated heterocycles. The Morgan fingerprint density at radius 1 is 1.00 bits per heavy atom. The molecule has 0 saturated carbocycles. The highest BCUT2D eigenvalue weighted by atomic mass is 16.2. The molecule has 1 aromatic rings. The number of rotatable bonds is 0. The van der Waals surface area contributed by atoms with Gasteiger partial charge in [0.2, 0.25) is 0 Å². The van der Waals surface area contributed by atoms with Crippen molar-refractivity contribution in [2.45, 2.75) is 26.9 Å². The first-order valence-corrected chi connectivity index (χ1v) is 4.15. The van der Waals surface area contributed by atoms with Gasteiger partial charge in [0.15, 0.2) is 0 Å². The summed E-state index contributed by atoms with van der Waals surface area (Å²) in [5.41, 5.74) is 1.66. The number of aromatic amines is 1. The van der Waals surface area contributed by atoms with Crippen molar-refractivity contribution in [3.8, 4) is 0 Å². The van der Waals surface area contributed by atoms with Crippen LogP contribution in [0.4, 0.5) is 0 Å². The Hall–Kier alpha value is -1.52. The Morgan fingerprint density at radius 3 is 1.77 bits per heavy atom. The van der Waals surface area contributed by atoms with Gasteiger partial charge in [-0.1, -0.05) is 11.1 Å². The SMILES string of the molecule is CC1=C(C)Cn2c(=O)[nH]c(=O)n2C1. The van der Waals surface area contributed by atoms with E-state index in [1.807, 2.05) is 13.8 Å². The zero-order valence-electron chi connectivity index (χ0n) is 7.63. The zero-order chi connectivity index (χ0) is 9.59. The molecule has 5 nitrogen and oxygen atoms in total. The van der Waals surface area contributed by atoms with Crippen molar-refractivity contribution >= 4 is 0 Å². The second-order valence-corrected chi connectivity index (χ2v) is 3.41. The van der Waals surface area contributed by atoms with Gasteiger partial charge in [0.05, 0.1) is 13.1 Å². The molecule has 1 aliphatic rings. The maximum atomic E-state index is 11.2. The van der Waals surface area contributed by atoms with Crippen LogP contribution in [-0.2, 0) is 13.1 Å².